The molecule has 0 radical (unpaired) electrons. The Hall–Kier alpha value is -2.88. The molecule has 1 heterocycles. The molecule has 1 fully saturated rings. The minimum atomic E-state index is -0.769. The van der Waals surface area contributed by atoms with E-state index >= 15 is 0 Å². The number of halogens is 1. The number of hydrogen-bond donors (Lipinski definition) is 1. The quantitative estimate of drug-likeness (QED) is 0.338. The zero-order chi connectivity index (χ0) is 22.7. The Balaban J connectivity index is 2.03. The van der Waals surface area contributed by atoms with Crippen molar-refractivity contribution in [3.8, 4) is 11.5 Å². The maximum atomic E-state index is 13.2. The summed E-state index contributed by atoms with van der Waals surface area (Å²) in [6, 6.07) is 8.09. The number of imide groups is 2. The molecule has 0 aromatic heterocycles. The van der Waals surface area contributed by atoms with Gasteiger partial charge in [0.05, 0.1) is 23.0 Å². The molecule has 3 rings (SSSR count). The SMILES string of the molecule is CCCOc1c(I)cc(/C=C2\C(=O)NC(=O)N(c3ccc(C)cc3C)C2=O)cc1OC. The van der Waals surface area contributed by atoms with Gasteiger partial charge in [-0.3, -0.25) is 14.9 Å². The Morgan fingerprint density at radius 3 is 2.52 bits per heavy atom. The maximum absolute atomic E-state index is 13.2. The summed E-state index contributed by atoms with van der Waals surface area (Å²) < 4.78 is 12.0. The number of methoxy groups -OCH3 is 1. The van der Waals surface area contributed by atoms with Crippen LogP contribution in [0.4, 0.5) is 10.5 Å². The number of carbonyl (C=O) groups excluding carboxylic acids is 3. The molecule has 31 heavy (non-hydrogen) atoms. The first-order valence-electron chi connectivity index (χ1n) is 9.75. The number of barbiturate groups is 1. The number of ether oxygens (including phenoxy) is 2. The van der Waals surface area contributed by atoms with Crippen molar-refractivity contribution in [3.05, 3.63) is 56.2 Å². The van der Waals surface area contributed by atoms with E-state index in [-0.39, 0.29) is 5.57 Å². The average Bonchev–Trinajstić information content (AvgIpc) is 2.71. The summed E-state index contributed by atoms with van der Waals surface area (Å²) in [6.07, 6.45) is 2.30. The minimum absolute atomic E-state index is 0.139. The second-order valence-corrected chi connectivity index (χ2v) is 8.29. The van der Waals surface area contributed by atoms with Crippen molar-refractivity contribution >= 4 is 52.2 Å². The van der Waals surface area contributed by atoms with Crippen molar-refractivity contribution in [2.75, 3.05) is 18.6 Å². The number of hydrogen-bond acceptors (Lipinski definition) is 5. The van der Waals surface area contributed by atoms with E-state index in [0.29, 0.717) is 29.4 Å². The molecule has 2 aromatic carbocycles. The summed E-state index contributed by atoms with van der Waals surface area (Å²) in [6.45, 7) is 6.28. The summed E-state index contributed by atoms with van der Waals surface area (Å²) in [5.74, 6) is -0.311. The second kappa shape index (κ2) is 9.51. The second-order valence-electron chi connectivity index (χ2n) is 7.13. The maximum Gasteiger partial charge on any atom is 0.335 e. The molecule has 0 bridgehead atoms. The van der Waals surface area contributed by atoms with Gasteiger partial charge in [0.15, 0.2) is 11.5 Å². The Morgan fingerprint density at radius 2 is 1.87 bits per heavy atom. The number of nitrogens with one attached hydrogen (secondary N) is 1. The van der Waals surface area contributed by atoms with E-state index in [0.717, 1.165) is 26.0 Å². The van der Waals surface area contributed by atoms with Gasteiger partial charge in [-0.25, -0.2) is 9.69 Å². The number of urea groups is 1. The molecule has 162 valence electrons. The summed E-state index contributed by atoms with van der Waals surface area (Å²) in [4.78, 5) is 39.1. The lowest BCUT2D eigenvalue weighted by Crippen LogP contribution is -2.54. The normalized spacial score (nSPS) is 15.3. The van der Waals surface area contributed by atoms with Crippen LogP contribution in [0.2, 0.25) is 0 Å². The van der Waals surface area contributed by atoms with Crippen LogP contribution >= 0.6 is 22.6 Å². The van der Waals surface area contributed by atoms with Gasteiger partial charge >= 0.3 is 6.03 Å². The van der Waals surface area contributed by atoms with Gasteiger partial charge in [-0.1, -0.05) is 24.6 Å². The van der Waals surface area contributed by atoms with Crippen molar-refractivity contribution < 1.29 is 23.9 Å². The standard InChI is InChI=1S/C23H23IN2O5/c1-5-8-31-20-17(24)11-15(12-19(20)30-4)10-16-21(27)25-23(29)26(22(16)28)18-7-6-13(2)9-14(18)3/h6-7,9-12H,5,8H2,1-4H3,(H,25,27,29)/b16-10+. The zero-order valence-corrected chi connectivity index (χ0v) is 19.9. The van der Waals surface area contributed by atoms with Gasteiger partial charge in [0.2, 0.25) is 0 Å². The van der Waals surface area contributed by atoms with E-state index in [4.69, 9.17) is 9.47 Å². The highest BCUT2D eigenvalue weighted by Crippen LogP contribution is 2.35. The third-order valence-corrected chi connectivity index (χ3v) is 5.51. The molecule has 8 heteroatoms. The molecular formula is C23H23IN2O5. The molecule has 4 amide bonds. The molecule has 1 saturated heterocycles. The van der Waals surface area contributed by atoms with Crippen molar-refractivity contribution in [3.63, 3.8) is 0 Å². The van der Waals surface area contributed by atoms with E-state index in [1.165, 1.54) is 13.2 Å². The number of anilines is 1. The van der Waals surface area contributed by atoms with Crippen LogP contribution < -0.4 is 19.7 Å². The summed E-state index contributed by atoms with van der Waals surface area (Å²) in [5.41, 5.74) is 2.64. The lowest BCUT2D eigenvalue weighted by molar-refractivity contribution is -0.122. The minimum Gasteiger partial charge on any atom is -0.493 e. The lowest BCUT2D eigenvalue weighted by atomic mass is 10.0. The van der Waals surface area contributed by atoms with Crippen LogP contribution in [0.25, 0.3) is 6.08 Å². The van der Waals surface area contributed by atoms with Crippen LogP contribution in [0.15, 0.2) is 35.9 Å². The topological polar surface area (TPSA) is 84.9 Å². The Labute approximate surface area is 194 Å². The summed E-state index contributed by atoms with van der Waals surface area (Å²) >= 11 is 2.12. The van der Waals surface area contributed by atoms with E-state index in [1.54, 1.807) is 18.2 Å². The van der Waals surface area contributed by atoms with Gasteiger partial charge in [-0.05, 0) is 78.3 Å². The third kappa shape index (κ3) is 4.73. The van der Waals surface area contributed by atoms with Crippen LogP contribution in [0.5, 0.6) is 11.5 Å². The fraction of sp³-hybridized carbons (Fsp3) is 0.261. The average molecular weight is 534 g/mol. The van der Waals surface area contributed by atoms with Gasteiger partial charge < -0.3 is 9.47 Å². The molecule has 1 N–H and O–H groups in total. The number of carbonyl (C=O) groups is 3. The molecular weight excluding hydrogens is 511 g/mol. The van der Waals surface area contributed by atoms with Gasteiger partial charge in [-0.15, -0.1) is 0 Å². The third-order valence-electron chi connectivity index (χ3n) is 4.71. The van der Waals surface area contributed by atoms with E-state index in [1.807, 2.05) is 32.9 Å². The van der Waals surface area contributed by atoms with Gasteiger partial charge in [-0.2, -0.15) is 0 Å². The van der Waals surface area contributed by atoms with Crippen LogP contribution in [-0.4, -0.2) is 31.6 Å². The number of amides is 4. The summed E-state index contributed by atoms with van der Waals surface area (Å²) in [5, 5.41) is 2.25. The van der Waals surface area contributed by atoms with Crippen molar-refractivity contribution in [2.24, 2.45) is 0 Å². The Kier molecular flexibility index (Phi) is 6.99. The van der Waals surface area contributed by atoms with Crippen molar-refractivity contribution in [2.45, 2.75) is 27.2 Å². The Bertz CT molecular complexity index is 1090. The highest BCUT2D eigenvalue weighted by Gasteiger charge is 2.37. The number of aryl methyl sites for hydroxylation is 2. The highest BCUT2D eigenvalue weighted by molar-refractivity contribution is 14.1. The van der Waals surface area contributed by atoms with Gasteiger partial charge in [0.25, 0.3) is 11.8 Å². The predicted molar refractivity (Wildman–Crippen MR) is 126 cm³/mol. The fourth-order valence-corrected chi connectivity index (χ4v) is 4.05. The van der Waals surface area contributed by atoms with Crippen LogP contribution in [0.1, 0.15) is 30.0 Å². The van der Waals surface area contributed by atoms with E-state index in [9.17, 15) is 14.4 Å². The summed E-state index contributed by atoms with van der Waals surface area (Å²) in [7, 11) is 1.53. The molecule has 0 aliphatic carbocycles. The monoisotopic (exact) mass is 534 g/mol. The van der Waals surface area contributed by atoms with Crippen LogP contribution in [0, 0.1) is 17.4 Å². The molecule has 0 spiro atoms. The molecule has 0 saturated carbocycles. The molecule has 1 aliphatic rings. The van der Waals surface area contributed by atoms with E-state index in [2.05, 4.69) is 27.9 Å². The van der Waals surface area contributed by atoms with Crippen LogP contribution in [-0.2, 0) is 9.59 Å². The predicted octanol–water partition coefficient (Wildman–Crippen LogP) is 4.37. The molecule has 2 aromatic rings. The highest BCUT2D eigenvalue weighted by atomic mass is 127. The number of nitrogens with zero attached hydrogens (tertiary/aromatic N) is 1. The molecule has 7 nitrogen and oxygen atoms in total. The Morgan fingerprint density at radius 1 is 1.13 bits per heavy atom. The lowest BCUT2D eigenvalue weighted by Gasteiger charge is -2.27. The zero-order valence-electron chi connectivity index (χ0n) is 17.7. The largest absolute Gasteiger partial charge is 0.493 e. The first-order chi connectivity index (χ1) is 14.8. The van der Waals surface area contributed by atoms with Gasteiger partial charge in [0.1, 0.15) is 5.57 Å². The fourth-order valence-electron chi connectivity index (χ4n) is 3.27. The molecule has 1 aliphatic heterocycles. The number of benzene rings is 2. The molecule has 0 atom stereocenters. The van der Waals surface area contributed by atoms with Crippen LogP contribution in [0.3, 0.4) is 0 Å². The molecule has 0 unspecified atom stereocenters. The number of rotatable bonds is 6. The van der Waals surface area contributed by atoms with E-state index < -0.39 is 17.8 Å². The smallest absolute Gasteiger partial charge is 0.335 e. The van der Waals surface area contributed by atoms with Crippen molar-refractivity contribution in [1.82, 2.24) is 5.32 Å². The first-order valence-corrected chi connectivity index (χ1v) is 10.8. The first kappa shape index (κ1) is 22.8. The van der Waals surface area contributed by atoms with Crippen molar-refractivity contribution in [1.29, 1.82) is 0 Å². The van der Waals surface area contributed by atoms with Gasteiger partial charge in [0, 0.05) is 0 Å².